The fourth-order valence-corrected chi connectivity index (χ4v) is 2.71. The van der Waals surface area contributed by atoms with Gasteiger partial charge in [0, 0.05) is 17.5 Å². The molecule has 1 atom stereocenters. The predicted molar refractivity (Wildman–Crippen MR) is 71.7 cm³/mol. The second kappa shape index (κ2) is 5.85. The van der Waals surface area contributed by atoms with Gasteiger partial charge in [0.15, 0.2) is 4.90 Å². The molecule has 0 amide bonds. The molecule has 0 N–H and O–H groups in total. The number of halogens is 3. The van der Waals surface area contributed by atoms with E-state index in [1.54, 1.807) is 24.4 Å². The molecule has 2 rings (SSSR count). The van der Waals surface area contributed by atoms with Crippen LogP contribution in [0.3, 0.4) is 0 Å². The standard InChI is InChI=1S/C14H12F3NOS/c1-10-13(3-2-8-18-10)11-4-6-12(7-5-11)20(19)9-14(15,16)17/h2-8H,9H2,1H3. The molecule has 106 valence electrons. The summed E-state index contributed by atoms with van der Waals surface area (Å²) in [5.74, 6) is -1.32. The first-order valence-corrected chi connectivity index (χ1v) is 7.16. The van der Waals surface area contributed by atoms with E-state index in [2.05, 4.69) is 4.98 Å². The van der Waals surface area contributed by atoms with Gasteiger partial charge in [-0.15, -0.1) is 0 Å². The number of rotatable bonds is 3. The molecule has 6 heteroatoms. The highest BCUT2D eigenvalue weighted by Gasteiger charge is 2.35. The van der Waals surface area contributed by atoms with E-state index in [0.717, 1.165) is 16.8 Å². The first-order valence-electron chi connectivity index (χ1n) is 5.84. The van der Waals surface area contributed by atoms with Gasteiger partial charge in [0.2, 0.25) is 5.75 Å². The second-order valence-electron chi connectivity index (χ2n) is 4.27. The molecule has 20 heavy (non-hydrogen) atoms. The van der Waals surface area contributed by atoms with Crippen LogP contribution in [0.25, 0.3) is 11.1 Å². The molecule has 1 unspecified atom stereocenters. The summed E-state index contributed by atoms with van der Waals surface area (Å²) in [5, 5.41) is 0. The van der Waals surface area contributed by atoms with E-state index in [-0.39, 0.29) is 4.90 Å². The molecular weight excluding hydrogens is 287 g/mol. The van der Waals surface area contributed by atoms with Crippen LogP contribution in [-0.4, -0.2) is 21.5 Å². The van der Waals surface area contributed by atoms with Crippen molar-refractivity contribution in [2.24, 2.45) is 0 Å². The van der Waals surface area contributed by atoms with E-state index in [1.165, 1.54) is 12.1 Å². The monoisotopic (exact) mass is 299 g/mol. The van der Waals surface area contributed by atoms with Crippen molar-refractivity contribution in [3.8, 4) is 11.1 Å². The minimum atomic E-state index is -4.43. The number of pyridine rings is 1. The molecule has 1 heterocycles. The lowest BCUT2D eigenvalue weighted by Crippen LogP contribution is -2.22. The van der Waals surface area contributed by atoms with Crippen LogP contribution in [0.5, 0.6) is 0 Å². The Kier molecular flexibility index (Phi) is 4.35. The second-order valence-corrected chi connectivity index (χ2v) is 5.72. The van der Waals surface area contributed by atoms with Crippen molar-refractivity contribution in [1.82, 2.24) is 4.98 Å². The number of aromatic nitrogens is 1. The maximum Gasteiger partial charge on any atom is 0.433 e. The van der Waals surface area contributed by atoms with Gasteiger partial charge in [0.25, 0.3) is 0 Å². The summed E-state index contributed by atoms with van der Waals surface area (Å²) in [6.07, 6.45) is -2.75. The first kappa shape index (κ1) is 14.9. The van der Waals surface area contributed by atoms with Crippen LogP contribution in [0.15, 0.2) is 47.5 Å². The molecular formula is C14H12F3NOS. The molecule has 0 saturated carbocycles. The Hall–Kier alpha value is -1.53. The lowest BCUT2D eigenvalue weighted by Gasteiger charge is -2.13. The maximum atomic E-state index is 12.2. The van der Waals surface area contributed by atoms with Crippen LogP contribution in [-0.2, 0) is 11.2 Å². The molecule has 0 aliphatic carbocycles. The minimum absolute atomic E-state index is 0.174. The zero-order valence-corrected chi connectivity index (χ0v) is 11.5. The average Bonchev–Trinajstić information content (AvgIpc) is 2.37. The normalized spacial score (nSPS) is 13.2. The van der Waals surface area contributed by atoms with Crippen molar-refractivity contribution in [1.29, 1.82) is 0 Å². The van der Waals surface area contributed by atoms with Crippen molar-refractivity contribution >= 4 is 11.2 Å². The van der Waals surface area contributed by atoms with E-state index in [0.29, 0.717) is 0 Å². The summed E-state index contributed by atoms with van der Waals surface area (Å²) in [7, 11) is 0. The van der Waals surface area contributed by atoms with E-state index >= 15 is 0 Å². The Morgan fingerprint density at radius 1 is 1.15 bits per heavy atom. The molecule has 0 aliphatic heterocycles. The molecule has 0 spiro atoms. The predicted octanol–water partition coefficient (Wildman–Crippen LogP) is 3.73. The van der Waals surface area contributed by atoms with Gasteiger partial charge >= 0.3 is 6.18 Å². The van der Waals surface area contributed by atoms with Gasteiger partial charge < -0.3 is 4.55 Å². The summed E-state index contributed by atoms with van der Waals surface area (Å²) in [6, 6.07) is 9.91. The zero-order valence-electron chi connectivity index (χ0n) is 10.6. The molecule has 2 nitrogen and oxygen atoms in total. The van der Waals surface area contributed by atoms with Crippen LogP contribution < -0.4 is 0 Å². The lowest BCUT2D eigenvalue weighted by atomic mass is 10.1. The third-order valence-electron chi connectivity index (χ3n) is 2.73. The van der Waals surface area contributed by atoms with Gasteiger partial charge in [-0.25, -0.2) is 0 Å². The molecule has 1 aromatic carbocycles. The molecule has 0 aliphatic rings. The number of nitrogens with zero attached hydrogens (tertiary/aromatic N) is 1. The summed E-state index contributed by atoms with van der Waals surface area (Å²) in [5.41, 5.74) is 2.57. The Balaban J connectivity index is 2.21. The third kappa shape index (κ3) is 3.74. The van der Waals surface area contributed by atoms with Gasteiger partial charge in [0.05, 0.1) is 0 Å². The Labute approximate surface area is 117 Å². The quantitative estimate of drug-likeness (QED) is 0.810. The molecule has 1 aromatic heterocycles. The van der Waals surface area contributed by atoms with Crippen LogP contribution in [0.4, 0.5) is 13.2 Å². The van der Waals surface area contributed by atoms with Crippen LogP contribution in [0.2, 0.25) is 0 Å². The Bertz CT molecular complexity index is 584. The van der Waals surface area contributed by atoms with Gasteiger partial charge in [-0.05, 0) is 54.0 Å². The van der Waals surface area contributed by atoms with Crippen LogP contribution >= 0.6 is 0 Å². The number of benzene rings is 1. The van der Waals surface area contributed by atoms with Crippen LogP contribution in [0.1, 0.15) is 5.69 Å². The van der Waals surface area contributed by atoms with Gasteiger partial charge in [0.1, 0.15) is 0 Å². The summed E-state index contributed by atoms with van der Waals surface area (Å²) in [4.78, 5) is 4.33. The number of aryl methyl sites for hydroxylation is 1. The molecule has 0 radical (unpaired) electrons. The van der Waals surface area contributed by atoms with E-state index in [4.69, 9.17) is 0 Å². The Morgan fingerprint density at radius 2 is 1.80 bits per heavy atom. The van der Waals surface area contributed by atoms with Crippen molar-refractivity contribution in [3.63, 3.8) is 0 Å². The van der Waals surface area contributed by atoms with Gasteiger partial charge in [-0.2, -0.15) is 13.2 Å². The number of hydrogen-bond acceptors (Lipinski definition) is 2. The summed E-state index contributed by atoms with van der Waals surface area (Å²) < 4.78 is 48.1. The third-order valence-corrected chi connectivity index (χ3v) is 4.12. The topological polar surface area (TPSA) is 36.0 Å². The minimum Gasteiger partial charge on any atom is -0.611 e. The van der Waals surface area contributed by atoms with Crippen LogP contribution in [0, 0.1) is 6.92 Å². The summed E-state index contributed by atoms with van der Waals surface area (Å²) >= 11 is -2.06. The molecule has 0 saturated heterocycles. The highest BCUT2D eigenvalue weighted by atomic mass is 32.2. The smallest absolute Gasteiger partial charge is 0.433 e. The van der Waals surface area contributed by atoms with E-state index in [9.17, 15) is 17.7 Å². The SMILES string of the molecule is Cc1ncccc1-c1ccc([S+]([O-])CC(F)(F)F)cc1. The largest absolute Gasteiger partial charge is 0.611 e. The van der Waals surface area contributed by atoms with E-state index in [1.807, 2.05) is 13.0 Å². The molecule has 0 fully saturated rings. The molecule has 0 bridgehead atoms. The number of hydrogen-bond donors (Lipinski definition) is 0. The van der Waals surface area contributed by atoms with Gasteiger partial charge in [-0.1, -0.05) is 6.07 Å². The first-order chi connectivity index (χ1) is 9.37. The van der Waals surface area contributed by atoms with Crippen molar-refractivity contribution in [2.75, 3.05) is 5.75 Å². The average molecular weight is 299 g/mol. The zero-order chi connectivity index (χ0) is 14.8. The maximum absolute atomic E-state index is 12.2. The number of alkyl halides is 3. The van der Waals surface area contributed by atoms with E-state index < -0.39 is 23.1 Å². The van der Waals surface area contributed by atoms with Crippen molar-refractivity contribution in [2.45, 2.75) is 18.0 Å². The fraction of sp³-hybridized carbons (Fsp3) is 0.214. The summed E-state index contributed by atoms with van der Waals surface area (Å²) in [6.45, 7) is 1.85. The highest BCUT2D eigenvalue weighted by Crippen LogP contribution is 2.26. The lowest BCUT2D eigenvalue weighted by molar-refractivity contribution is -0.106. The van der Waals surface area contributed by atoms with Gasteiger partial charge in [-0.3, -0.25) is 4.98 Å². The Morgan fingerprint density at radius 3 is 2.35 bits per heavy atom. The fourth-order valence-electron chi connectivity index (χ4n) is 1.81. The molecule has 2 aromatic rings. The highest BCUT2D eigenvalue weighted by molar-refractivity contribution is 7.91. The van der Waals surface area contributed by atoms with Crippen molar-refractivity contribution < 1.29 is 17.7 Å². The van der Waals surface area contributed by atoms with Crippen molar-refractivity contribution in [3.05, 3.63) is 48.3 Å².